The molecule has 2 nitrogen and oxygen atoms in total. The van der Waals surface area contributed by atoms with Crippen LogP contribution in [0.2, 0.25) is 0 Å². The Morgan fingerprint density at radius 3 is 2.50 bits per heavy atom. The minimum absolute atomic E-state index is 0.0813. The maximum atomic E-state index is 9.07. The molecule has 18 heavy (non-hydrogen) atoms. The van der Waals surface area contributed by atoms with Crippen molar-refractivity contribution >= 4 is 17.4 Å². The van der Waals surface area contributed by atoms with Gasteiger partial charge in [-0.25, -0.2) is 0 Å². The summed E-state index contributed by atoms with van der Waals surface area (Å²) in [4.78, 5) is 1.28. The van der Waals surface area contributed by atoms with Gasteiger partial charge >= 0.3 is 0 Å². The van der Waals surface area contributed by atoms with Crippen molar-refractivity contribution in [3.8, 4) is 0 Å². The Morgan fingerprint density at radius 2 is 1.83 bits per heavy atom. The van der Waals surface area contributed by atoms with Crippen LogP contribution in [0.5, 0.6) is 0 Å². The van der Waals surface area contributed by atoms with Crippen molar-refractivity contribution in [1.29, 1.82) is 0 Å². The molecule has 2 N–H and O–H groups in total. The summed E-state index contributed by atoms with van der Waals surface area (Å²) in [7, 11) is 0. The number of aliphatic hydroxyl groups excluding tert-OH is 1. The Labute approximate surface area is 112 Å². The molecule has 0 radical (unpaired) electrons. The van der Waals surface area contributed by atoms with E-state index in [0.717, 1.165) is 17.8 Å². The van der Waals surface area contributed by atoms with Crippen molar-refractivity contribution in [1.82, 2.24) is 0 Å². The minimum atomic E-state index is 0.0813. The number of anilines is 1. The molecule has 0 bridgehead atoms. The van der Waals surface area contributed by atoms with Gasteiger partial charge in [0.05, 0.1) is 6.61 Å². The predicted molar refractivity (Wildman–Crippen MR) is 77.9 cm³/mol. The van der Waals surface area contributed by atoms with Gasteiger partial charge in [-0.3, -0.25) is 0 Å². The molecule has 0 saturated carbocycles. The zero-order chi connectivity index (χ0) is 12.8. The van der Waals surface area contributed by atoms with Crippen molar-refractivity contribution in [2.45, 2.75) is 18.0 Å². The fourth-order valence-electron chi connectivity index (χ4n) is 1.73. The van der Waals surface area contributed by atoms with Gasteiger partial charge in [0.1, 0.15) is 0 Å². The Balaban J connectivity index is 1.97. The summed E-state index contributed by atoms with van der Waals surface area (Å²) in [5.74, 6) is 0. The predicted octanol–water partition coefficient (Wildman–Crippen LogP) is 3.51. The summed E-state index contributed by atoms with van der Waals surface area (Å²) in [6, 6.07) is 16.4. The largest absolute Gasteiger partial charge is 0.392 e. The highest BCUT2D eigenvalue weighted by Crippen LogP contribution is 2.16. The molecule has 0 saturated heterocycles. The second-order valence-corrected chi connectivity index (χ2v) is 4.94. The van der Waals surface area contributed by atoms with Crippen molar-refractivity contribution in [3.05, 3.63) is 59.7 Å². The van der Waals surface area contributed by atoms with Gasteiger partial charge in [-0.2, -0.15) is 0 Å². The number of benzene rings is 2. The molecule has 3 heteroatoms. The van der Waals surface area contributed by atoms with Crippen LogP contribution in [-0.2, 0) is 13.2 Å². The molecular formula is C15H17NOS. The molecule has 0 amide bonds. The van der Waals surface area contributed by atoms with Gasteiger partial charge in [0, 0.05) is 17.1 Å². The normalized spacial score (nSPS) is 10.3. The molecule has 0 aliphatic rings. The molecule has 94 valence electrons. The van der Waals surface area contributed by atoms with Crippen LogP contribution in [0, 0.1) is 0 Å². The first kappa shape index (κ1) is 13.0. The van der Waals surface area contributed by atoms with Crippen molar-refractivity contribution < 1.29 is 5.11 Å². The summed E-state index contributed by atoms with van der Waals surface area (Å²) in [5.41, 5.74) is 3.22. The molecule has 2 aromatic rings. The Bertz CT molecular complexity index is 496. The average molecular weight is 259 g/mol. The Kier molecular flexibility index (Phi) is 4.67. The first-order valence-electron chi connectivity index (χ1n) is 5.88. The fraction of sp³-hybridized carbons (Fsp3) is 0.200. The van der Waals surface area contributed by atoms with E-state index in [-0.39, 0.29) is 6.61 Å². The van der Waals surface area contributed by atoms with E-state index in [1.54, 1.807) is 11.8 Å². The van der Waals surface area contributed by atoms with E-state index in [0.29, 0.717) is 0 Å². The summed E-state index contributed by atoms with van der Waals surface area (Å²) in [6.07, 6.45) is 2.08. The first-order valence-corrected chi connectivity index (χ1v) is 7.11. The van der Waals surface area contributed by atoms with Gasteiger partial charge in [-0.15, -0.1) is 11.8 Å². The molecular weight excluding hydrogens is 242 g/mol. The van der Waals surface area contributed by atoms with Gasteiger partial charge in [0.25, 0.3) is 0 Å². The second-order valence-electron chi connectivity index (χ2n) is 4.06. The van der Waals surface area contributed by atoms with Crippen LogP contribution >= 0.6 is 11.8 Å². The summed E-state index contributed by atoms with van der Waals surface area (Å²) in [5, 5.41) is 12.4. The highest BCUT2D eigenvalue weighted by atomic mass is 32.2. The molecule has 0 aliphatic carbocycles. The number of hydrogen-bond donors (Lipinski definition) is 2. The Hall–Kier alpha value is -1.45. The van der Waals surface area contributed by atoms with Crippen LogP contribution in [0.25, 0.3) is 0 Å². The average Bonchev–Trinajstić information content (AvgIpc) is 2.46. The molecule has 2 rings (SSSR count). The lowest BCUT2D eigenvalue weighted by Gasteiger charge is -2.08. The summed E-state index contributed by atoms with van der Waals surface area (Å²) >= 11 is 1.75. The third kappa shape index (κ3) is 3.52. The van der Waals surface area contributed by atoms with Gasteiger partial charge in [0.15, 0.2) is 0 Å². The number of thioether (sulfide) groups is 1. The van der Waals surface area contributed by atoms with Gasteiger partial charge < -0.3 is 10.4 Å². The van der Waals surface area contributed by atoms with Crippen LogP contribution in [0.1, 0.15) is 11.1 Å². The molecule has 2 aromatic carbocycles. The third-order valence-corrected chi connectivity index (χ3v) is 3.51. The SMILES string of the molecule is CSc1ccc(CNc2cccc(CO)c2)cc1. The molecule has 0 aliphatic heterocycles. The lowest BCUT2D eigenvalue weighted by molar-refractivity contribution is 0.282. The quantitative estimate of drug-likeness (QED) is 0.806. The molecule has 0 spiro atoms. The zero-order valence-electron chi connectivity index (χ0n) is 10.4. The van der Waals surface area contributed by atoms with E-state index in [2.05, 4.69) is 35.8 Å². The van der Waals surface area contributed by atoms with Crippen molar-refractivity contribution in [2.75, 3.05) is 11.6 Å². The first-order chi connectivity index (χ1) is 8.81. The Morgan fingerprint density at radius 1 is 1.06 bits per heavy atom. The molecule has 0 fully saturated rings. The lowest BCUT2D eigenvalue weighted by atomic mass is 10.2. The lowest BCUT2D eigenvalue weighted by Crippen LogP contribution is -1.99. The summed E-state index contributed by atoms with van der Waals surface area (Å²) < 4.78 is 0. The third-order valence-electron chi connectivity index (χ3n) is 2.77. The highest BCUT2D eigenvalue weighted by molar-refractivity contribution is 7.98. The van der Waals surface area contributed by atoms with Crippen LogP contribution in [0.4, 0.5) is 5.69 Å². The van der Waals surface area contributed by atoms with E-state index < -0.39 is 0 Å². The fourth-order valence-corrected chi connectivity index (χ4v) is 2.14. The van der Waals surface area contributed by atoms with E-state index in [9.17, 15) is 0 Å². The number of aliphatic hydroxyl groups is 1. The van der Waals surface area contributed by atoms with Crippen LogP contribution < -0.4 is 5.32 Å². The number of nitrogens with one attached hydrogen (secondary N) is 1. The molecule has 0 unspecified atom stereocenters. The number of hydrogen-bond acceptors (Lipinski definition) is 3. The van der Waals surface area contributed by atoms with Crippen molar-refractivity contribution in [2.24, 2.45) is 0 Å². The zero-order valence-corrected chi connectivity index (χ0v) is 11.2. The van der Waals surface area contributed by atoms with Gasteiger partial charge in [-0.1, -0.05) is 24.3 Å². The highest BCUT2D eigenvalue weighted by Gasteiger charge is 1.96. The maximum Gasteiger partial charge on any atom is 0.0682 e. The topological polar surface area (TPSA) is 32.3 Å². The van der Waals surface area contributed by atoms with E-state index in [4.69, 9.17) is 5.11 Å². The van der Waals surface area contributed by atoms with E-state index in [1.807, 2.05) is 24.3 Å². The van der Waals surface area contributed by atoms with Gasteiger partial charge in [-0.05, 0) is 41.6 Å². The van der Waals surface area contributed by atoms with Crippen LogP contribution in [-0.4, -0.2) is 11.4 Å². The standard InChI is InChI=1S/C15H17NOS/c1-18-15-7-5-12(6-8-15)10-16-14-4-2-3-13(9-14)11-17/h2-9,16-17H,10-11H2,1H3. The van der Waals surface area contributed by atoms with Crippen LogP contribution in [0.3, 0.4) is 0 Å². The number of rotatable bonds is 5. The smallest absolute Gasteiger partial charge is 0.0682 e. The minimum Gasteiger partial charge on any atom is -0.392 e. The molecule has 0 atom stereocenters. The second kappa shape index (κ2) is 6.47. The van der Waals surface area contributed by atoms with Gasteiger partial charge in [0.2, 0.25) is 0 Å². The van der Waals surface area contributed by atoms with E-state index >= 15 is 0 Å². The molecule has 0 aromatic heterocycles. The monoisotopic (exact) mass is 259 g/mol. The van der Waals surface area contributed by atoms with E-state index in [1.165, 1.54) is 10.5 Å². The van der Waals surface area contributed by atoms with Crippen molar-refractivity contribution in [3.63, 3.8) is 0 Å². The van der Waals surface area contributed by atoms with Crippen LogP contribution in [0.15, 0.2) is 53.4 Å². The maximum absolute atomic E-state index is 9.07. The molecule has 0 heterocycles. The summed E-state index contributed by atoms with van der Waals surface area (Å²) in [6.45, 7) is 0.876.